The zero-order chi connectivity index (χ0) is 21.1. The number of carboxylic acids is 1. The molecule has 0 fully saturated rings. The SMILES string of the molecule is Cc1c(CNCc2ccc(C(=O)O)cc2)c2ccccc2n1Cc1ccccc1Cl.Cl. The van der Waals surface area contributed by atoms with Crippen molar-refractivity contribution in [2.24, 2.45) is 0 Å². The Labute approximate surface area is 192 Å². The number of aromatic nitrogens is 1. The molecule has 0 bridgehead atoms. The van der Waals surface area contributed by atoms with Crippen LogP contribution in [-0.2, 0) is 19.6 Å². The number of halogens is 2. The van der Waals surface area contributed by atoms with E-state index in [4.69, 9.17) is 16.7 Å². The Hall–Kier alpha value is -2.79. The summed E-state index contributed by atoms with van der Waals surface area (Å²) in [5, 5.41) is 14.5. The van der Waals surface area contributed by atoms with E-state index in [2.05, 4.69) is 47.1 Å². The van der Waals surface area contributed by atoms with Gasteiger partial charge in [0.1, 0.15) is 0 Å². The normalized spacial score (nSPS) is 10.8. The van der Waals surface area contributed by atoms with Crippen molar-refractivity contribution < 1.29 is 9.90 Å². The summed E-state index contributed by atoms with van der Waals surface area (Å²) in [7, 11) is 0. The van der Waals surface area contributed by atoms with Gasteiger partial charge in [-0.25, -0.2) is 4.79 Å². The standard InChI is InChI=1S/C25H23ClN2O2.ClH/c1-17-22(15-27-14-18-10-12-19(13-11-18)25(29)30)21-7-3-5-9-24(21)28(17)16-20-6-2-4-8-23(20)26;/h2-13,27H,14-16H2,1H3,(H,29,30);1H. The Balaban J connectivity index is 0.00000272. The molecule has 3 aromatic carbocycles. The van der Waals surface area contributed by atoms with Gasteiger partial charge in [-0.3, -0.25) is 0 Å². The minimum Gasteiger partial charge on any atom is -0.478 e. The summed E-state index contributed by atoms with van der Waals surface area (Å²) in [5.41, 5.74) is 6.12. The molecule has 6 heteroatoms. The monoisotopic (exact) mass is 454 g/mol. The molecule has 0 unspecified atom stereocenters. The van der Waals surface area contributed by atoms with E-state index < -0.39 is 5.97 Å². The van der Waals surface area contributed by atoms with E-state index in [-0.39, 0.29) is 12.4 Å². The number of hydrogen-bond acceptors (Lipinski definition) is 2. The van der Waals surface area contributed by atoms with Crippen molar-refractivity contribution in [1.29, 1.82) is 0 Å². The van der Waals surface area contributed by atoms with Crippen LogP contribution in [0.3, 0.4) is 0 Å². The summed E-state index contributed by atoms with van der Waals surface area (Å²) in [6, 6.07) is 23.4. The fourth-order valence-corrected chi connectivity index (χ4v) is 4.02. The highest BCUT2D eigenvalue weighted by Gasteiger charge is 2.14. The van der Waals surface area contributed by atoms with Crippen LogP contribution in [0.5, 0.6) is 0 Å². The van der Waals surface area contributed by atoms with Crippen molar-refractivity contribution in [2.45, 2.75) is 26.6 Å². The molecule has 0 saturated carbocycles. The second kappa shape index (κ2) is 10.0. The molecule has 0 atom stereocenters. The molecule has 4 aromatic rings. The van der Waals surface area contributed by atoms with Crippen molar-refractivity contribution in [2.75, 3.05) is 0 Å². The number of nitrogens with one attached hydrogen (secondary N) is 1. The van der Waals surface area contributed by atoms with Gasteiger partial charge in [0.05, 0.1) is 5.56 Å². The topological polar surface area (TPSA) is 54.3 Å². The average molecular weight is 455 g/mol. The van der Waals surface area contributed by atoms with Gasteiger partial charge in [-0.1, -0.05) is 60.1 Å². The molecule has 1 aromatic heterocycles. The first-order valence-electron chi connectivity index (χ1n) is 9.87. The van der Waals surface area contributed by atoms with Gasteiger partial charge in [0.15, 0.2) is 0 Å². The van der Waals surface area contributed by atoms with Crippen LogP contribution in [0.15, 0.2) is 72.8 Å². The lowest BCUT2D eigenvalue weighted by atomic mass is 10.1. The Morgan fingerprint density at radius 3 is 2.35 bits per heavy atom. The van der Waals surface area contributed by atoms with Gasteiger partial charge >= 0.3 is 5.97 Å². The molecule has 0 saturated heterocycles. The molecule has 0 aliphatic rings. The average Bonchev–Trinajstić information content (AvgIpc) is 3.01. The van der Waals surface area contributed by atoms with Crippen LogP contribution in [-0.4, -0.2) is 15.6 Å². The lowest BCUT2D eigenvalue weighted by Crippen LogP contribution is -2.14. The van der Waals surface area contributed by atoms with E-state index in [1.165, 1.54) is 22.2 Å². The largest absolute Gasteiger partial charge is 0.478 e. The van der Waals surface area contributed by atoms with Crippen LogP contribution in [0.25, 0.3) is 10.9 Å². The zero-order valence-electron chi connectivity index (χ0n) is 17.1. The van der Waals surface area contributed by atoms with Crippen LogP contribution < -0.4 is 5.32 Å². The highest BCUT2D eigenvalue weighted by atomic mass is 35.5. The predicted octanol–water partition coefficient (Wildman–Crippen LogP) is 6.06. The maximum absolute atomic E-state index is 11.0. The fourth-order valence-electron chi connectivity index (χ4n) is 3.82. The number of fused-ring (bicyclic) bond motifs is 1. The summed E-state index contributed by atoms with van der Waals surface area (Å²) < 4.78 is 2.31. The van der Waals surface area contributed by atoms with Gasteiger partial charge in [-0.15, -0.1) is 12.4 Å². The molecule has 0 aliphatic carbocycles. The first kappa shape index (κ1) is 22.9. The van der Waals surface area contributed by atoms with Crippen molar-refractivity contribution in [3.05, 3.63) is 106 Å². The fraction of sp³-hybridized carbons (Fsp3) is 0.160. The van der Waals surface area contributed by atoms with Crippen molar-refractivity contribution in [1.82, 2.24) is 9.88 Å². The van der Waals surface area contributed by atoms with Crippen LogP contribution in [0.4, 0.5) is 0 Å². The lowest BCUT2D eigenvalue weighted by molar-refractivity contribution is 0.0697. The highest BCUT2D eigenvalue weighted by molar-refractivity contribution is 6.31. The van der Waals surface area contributed by atoms with Crippen molar-refractivity contribution in [3.63, 3.8) is 0 Å². The molecule has 2 N–H and O–H groups in total. The van der Waals surface area contributed by atoms with Gasteiger partial charge in [0.25, 0.3) is 0 Å². The van der Waals surface area contributed by atoms with Gasteiger partial charge in [0, 0.05) is 41.3 Å². The Bertz CT molecular complexity index is 1200. The molecular formula is C25H24Cl2N2O2. The molecular weight excluding hydrogens is 431 g/mol. The van der Waals surface area contributed by atoms with Crippen LogP contribution in [0.2, 0.25) is 5.02 Å². The Morgan fingerprint density at radius 2 is 1.65 bits per heavy atom. The van der Waals surface area contributed by atoms with Crippen molar-refractivity contribution >= 4 is 40.9 Å². The van der Waals surface area contributed by atoms with Gasteiger partial charge in [-0.05, 0) is 47.9 Å². The van der Waals surface area contributed by atoms with Gasteiger partial charge < -0.3 is 15.0 Å². The van der Waals surface area contributed by atoms with Gasteiger partial charge in [0.2, 0.25) is 0 Å². The quantitative estimate of drug-likeness (QED) is 0.356. The van der Waals surface area contributed by atoms with E-state index in [1.807, 2.05) is 30.3 Å². The lowest BCUT2D eigenvalue weighted by Gasteiger charge is -2.11. The molecule has 1 heterocycles. The minimum atomic E-state index is -0.906. The van der Waals surface area contributed by atoms with E-state index >= 15 is 0 Å². The second-order valence-corrected chi connectivity index (χ2v) is 7.77. The van der Waals surface area contributed by atoms with Crippen LogP contribution in [0, 0.1) is 6.92 Å². The number of rotatable bonds is 7. The molecule has 160 valence electrons. The summed E-state index contributed by atoms with van der Waals surface area (Å²) in [5.74, 6) is -0.906. The first-order valence-corrected chi connectivity index (χ1v) is 10.3. The number of para-hydroxylation sites is 1. The third-order valence-electron chi connectivity index (χ3n) is 5.48. The number of nitrogens with zero attached hydrogens (tertiary/aromatic N) is 1. The smallest absolute Gasteiger partial charge is 0.335 e. The maximum Gasteiger partial charge on any atom is 0.335 e. The maximum atomic E-state index is 11.0. The second-order valence-electron chi connectivity index (χ2n) is 7.36. The number of carbonyl (C=O) groups is 1. The number of hydrogen-bond donors (Lipinski definition) is 2. The molecule has 0 spiro atoms. The molecule has 0 aliphatic heterocycles. The molecule has 4 rings (SSSR count). The van der Waals surface area contributed by atoms with Crippen LogP contribution >= 0.6 is 24.0 Å². The Kier molecular flexibility index (Phi) is 7.39. The molecule has 31 heavy (non-hydrogen) atoms. The van der Waals surface area contributed by atoms with E-state index in [0.29, 0.717) is 12.1 Å². The highest BCUT2D eigenvalue weighted by Crippen LogP contribution is 2.28. The van der Waals surface area contributed by atoms with E-state index in [9.17, 15) is 4.79 Å². The van der Waals surface area contributed by atoms with Gasteiger partial charge in [-0.2, -0.15) is 0 Å². The molecule has 0 amide bonds. The number of carboxylic acid groups (broad SMARTS) is 1. The minimum absolute atomic E-state index is 0. The third-order valence-corrected chi connectivity index (χ3v) is 5.85. The van der Waals surface area contributed by atoms with Crippen LogP contribution in [0.1, 0.15) is 32.7 Å². The predicted molar refractivity (Wildman–Crippen MR) is 128 cm³/mol. The first-order chi connectivity index (χ1) is 14.5. The number of benzene rings is 3. The Morgan fingerprint density at radius 1 is 0.968 bits per heavy atom. The van der Waals surface area contributed by atoms with Crippen molar-refractivity contribution in [3.8, 4) is 0 Å². The summed E-state index contributed by atoms with van der Waals surface area (Å²) in [4.78, 5) is 11.0. The van der Waals surface area contributed by atoms with E-state index in [0.717, 1.165) is 29.2 Å². The molecule has 4 nitrogen and oxygen atoms in total. The molecule has 0 radical (unpaired) electrons. The summed E-state index contributed by atoms with van der Waals surface area (Å²) in [6.07, 6.45) is 0. The number of aromatic carboxylic acids is 1. The summed E-state index contributed by atoms with van der Waals surface area (Å²) in [6.45, 7) is 4.27. The summed E-state index contributed by atoms with van der Waals surface area (Å²) >= 11 is 6.40. The third kappa shape index (κ3) is 4.93. The van der Waals surface area contributed by atoms with E-state index in [1.54, 1.807) is 12.1 Å². The zero-order valence-corrected chi connectivity index (χ0v) is 18.7.